The summed E-state index contributed by atoms with van der Waals surface area (Å²) < 4.78 is 38.2. The third kappa shape index (κ3) is 6.95. The van der Waals surface area contributed by atoms with Crippen molar-refractivity contribution >= 4 is 42.4 Å². The molecule has 0 fully saturated rings. The van der Waals surface area contributed by atoms with Gasteiger partial charge >= 0.3 is 26.7 Å². The zero-order valence-electron chi connectivity index (χ0n) is 18.0. The van der Waals surface area contributed by atoms with Gasteiger partial charge in [-0.3, -0.25) is 14.2 Å². The van der Waals surface area contributed by atoms with Gasteiger partial charge in [0.15, 0.2) is 14.6 Å². The topological polar surface area (TPSA) is 196 Å². The van der Waals surface area contributed by atoms with E-state index < -0.39 is 40.3 Å². The minimum absolute atomic E-state index is 0. The molecule has 35 heavy (non-hydrogen) atoms. The third-order valence-corrected chi connectivity index (χ3v) is 7.43. The molecular weight excluding hydrogens is 498 g/mol. The number of rotatable bonds is 9. The van der Waals surface area contributed by atoms with E-state index in [-0.39, 0.29) is 25.4 Å². The molecule has 1 atom stereocenters. The molecular formula is C18H22LiN6O8PS. The molecule has 14 nitrogen and oxygen atoms in total. The number of aromatic nitrogens is 5. The number of aryl methyl sites for hydroxylation is 1. The number of sulfone groups is 1. The molecule has 2 aromatic heterocycles. The van der Waals surface area contributed by atoms with Crippen LogP contribution in [-0.4, -0.2) is 78.5 Å². The van der Waals surface area contributed by atoms with Crippen LogP contribution in [0.15, 0.2) is 53.8 Å². The number of carbonyl (C=O) groups excluding carboxylic acids is 1. The zero-order valence-corrected chi connectivity index (χ0v) is 19.7. The van der Waals surface area contributed by atoms with Crippen molar-refractivity contribution in [3.63, 3.8) is 0 Å². The Hall–Kier alpha value is -2.63. The van der Waals surface area contributed by atoms with Gasteiger partial charge in [-0.05, 0) is 25.5 Å². The van der Waals surface area contributed by atoms with E-state index in [1.54, 1.807) is 24.3 Å². The van der Waals surface area contributed by atoms with Gasteiger partial charge in [-0.25, -0.2) is 23.4 Å². The van der Waals surface area contributed by atoms with E-state index in [4.69, 9.17) is 9.79 Å². The maximum atomic E-state index is 12.6. The fraction of sp³-hybridized carbons (Fsp3) is 0.278. The second kappa shape index (κ2) is 11.0. The number of hydroxylamine groups is 1. The summed E-state index contributed by atoms with van der Waals surface area (Å²) in [4.78, 5) is 48.0. The molecule has 2 heterocycles. The molecule has 0 aliphatic rings. The van der Waals surface area contributed by atoms with Crippen molar-refractivity contribution in [2.45, 2.75) is 24.6 Å². The summed E-state index contributed by atoms with van der Waals surface area (Å²) >= 11 is 0. The minimum atomic E-state index is -5.08. The van der Waals surface area contributed by atoms with E-state index in [1.807, 2.05) is 0 Å². The number of amides is 1. The van der Waals surface area contributed by atoms with Crippen molar-refractivity contribution < 1.29 is 32.2 Å². The van der Waals surface area contributed by atoms with E-state index in [0.717, 1.165) is 17.7 Å². The van der Waals surface area contributed by atoms with Gasteiger partial charge in [0.25, 0.3) is 11.5 Å². The normalized spacial score (nSPS) is 13.5. The van der Waals surface area contributed by atoms with Crippen molar-refractivity contribution in [2.24, 2.45) is 0 Å². The number of carbonyl (C=O) groups is 1. The van der Waals surface area contributed by atoms with Crippen LogP contribution in [0.25, 0.3) is 16.9 Å². The SMILES string of the molecule is C[C@@](CCn1cnc(-c2ccc(-n3nccn3)cc2)cc1=O)(C(=O)NOP(=O)(O)O)S(C)(=O)=O.[LiH]. The molecule has 1 aromatic carbocycles. The van der Waals surface area contributed by atoms with Gasteiger partial charge in [0.05, 0.1) is 30.1 Å². The van der Waals surface area contributed by atoms with Crippen molar-refractivity contribution in [3.8, 4) is 16.9 Å². The molecule has 3 aromatic rings. The molecule has 0 unspecified atom stereocenters. The Morgan fingerprint density at radius 3 is 2.31 bits per heavy atom. The Morgan fingerprint density at radius 2 is 1.80 bits per heavy atom. The number of nitrogens with one attached hydrogen (secondary N) is 1. The Bertz CT molecular complexity index is 1390. The van der Waals surface area contributed by atoms with Crippen LogP contribution in [0.3, 0.4) is 0 Å². The van der Waals surface area contributed by atoms with Crippen LogP contribution in [0.4, 0.5) is 0 Å². The van der Waals surface area contributed by atoms with Gasteiger partial charge in [0.2, 0.25) is 0 Å². The summed E-state index contributed by atoms with van der Waals surface area (Å²) in [5.41, 5.74) is 2.71. The van der Waals surface area contributed by atoms with Gasteiger partial charge in [-0.15, -0.1) is 0 Å². The van der Waals surface area contributed by atoms with E-state index in [1.165, 1.54) is 35.1 Å². The number of benzene rings is 1. The average molecular weight is 520 g/mol. The van der Waals surface area contributed by atoms with E-state index in [0.29, 0.717) is 16.9 Å². The van der Waals surface area contributed by atoms with Crippen molar-refractivity contribution in [1.82, 2.24) is 30.0 Å². The summed E-state index contributed by atoms with van der Waals surface area (Å²) in [6, 6.07) is 8.22. The van der Waals surface area contributed by atoms with Crippen LogP contribution in [0, 0.1) is 0 Å². The van der Waals surface area contributed by atoms with Crippen molar-refractivity contribution in [2.75, 3.05) is 6.26 Å². The molecule has 0 saturated carbocycles. The van der Waals surface area contributed by atoms with Gasteiger partial charge < -0.3 is 9.79 Å². The fourth-order valence-electron chi connectivity index (χ4n) is 2.88. The molecule has 3 N–H and O–H groups in total. The molecule has 184 valence electrons. The van der Waals surface area contributed by atoms with Gasteiger partial charge in [-0.2, -0.15) is 19.6 Å². The second-order valence-electron chi connectivity index (χ2n) is 7.44. The summed E-state index contributed by atoms with van der Waals surface area (Å²) in [6.07, 6.45) is 4.69. The molecule has 0 spiro atoms. The Kier molecular flexibility index (Phi) is 8.96. The Labute approximate surface area is 211 Å². The van der Waals surface area contributed by atoms with Crippen LogP contribution >= 0.6 is 7.82 Å². The van der Waals surface area contributed by atoms with Crippen LogP contribution in [0.1, 0.15) is 13.3 Å². The summed E-state index contributed by atoms with van der Waals surface area (Å²) in [5.74, 6) is -1.29. The molecule has 0 aliphatic heterocycles. The standard InChI is InChI=1S/C18H21N6O8PS.Li.H/c1-18(34(2,30)31,17(26)22-32-33(27,28)29)7-10-23-12-19-15(11-16(23)25)13-3-5-14(6-4-13)24-20-8-9-21-24;;/h3-6,8-9,11-12H,7,10H2,1-2H3,(H,22,26)(H2,27,28,29);;/t18-;;/m1../s1. The average Bonchev–Trinajstić information content (AvgIpc) is 3.30. The molecule has 17 heteroatoms. The summed E-state index contributed by atoms with van der Waals surface area (Å²) in [5, 5.41) is 8.05. The van der Waals surface area contributed by atoms with Gasteiger partial charge in [0.1, 0.15) is 0 Å². The van der Waals surface area contributed by atoms with Crippen molar-refractivity contribution in [1.29, 1.82) is 0 Å². The van der Waals surface area contributed by atoms with Crippen molar-refractivity contribution in [3.05, 3.63) is 59.4 Å². The van der Waals surface area contributed by atoms with E-state index in [9.17, 15) is 22.6 Å². The predicted octanol–water partition coefficient (Wildman–Crippen LogP) is -0.824. The quantitative estimate of drug-likeness (QED) is 0.181. The Morgan fingerprint density at radius 1 is 1.20 bits per heavy atom. The fourth-order valence-corrected chi connectivity index (χ4v) is 3.92. The van der Waals surface area contributed by atoms with Crippen LogP contribution in [0.5, 0.6) is 0 Å². The van der Waals surface area contributed by atoms with Gasteiger partial charge in [-0.1, -0.05) is 12.1 Å². The van der Waals surface area contributed by atoms with Crippen LogP contribution in [0.2, 0.25) is 0 Å². The predicted molar refractivity (Wildman–Crippen MR) is 125 cm³/mol. The Balaban J connectivity index is 0.00000432. The first kappa shape index (κ1) is 28.6. The van der Waals surface area contributed by atoms with Crippen LogP contribution < -0.4 is 11.0 Å². The number of phosphoric acid groups is 1. The molecule has 0 aliphatic carbocycles. The van der Waals surface area contributed by atoms with Gasteiger partial charge in [0, 0.05) is 24.4 Å². The number of hydrogen-bond donors (Lipinski definition) is 3. The maximum absolute atomic E-state index is 12.6. The molecule has 0 bridgehead atoms. The first-order valence-corrected chi connectivity index (χ1v) is 13.0. The third-order valence-electron chi connectivity index (χ3n) is 5.08. The summed E-state index contributed by atoms with van der Waals surface area (Å²) in [6.45, 7) is 0.840. The number of hydrogen-bond acceptors (Lipinski definition) is 9. The first-order chi connectivity index (χ1) is 15.8. The summed E-state index contributed by atoms with van der Waals surface area (Å²) in [7, 11) is -9.16. The molecule has 0 radical (unpaired) electrons. The second-order valence-corrected chi connectivity index (χ2v) is 11.0. The monoisotopic (exact) mass is 520 g/mol. The molecule has 1 amide bonds. The van der Waals surface area contributed by atoms with E-state index >= 15 is 0 Å². The van der Waals surface area contributed by atoms with E-state index in [2.05, 4.69) is 19.8 Å². The molecule has 3 rings (SSSR count). The number of nitrogens with zero attached hydrogens (tertiary/aromatic N) is 5. The molecule has 0 saturated heterocycles. The zero-order chi connectivity index (χ0) is 25.1. The first-order valence-electron chi connectivity index (χ1n) is 9.58. The van der Waals surface area contributed by atoms with Crippen LogP contribution in [-0.2, 0) is 30.4 Å².